The number of non-ortho nitro benzene ring substituents is 2. The summed E-state index contributed by atoms with van der Waals surface area (Å²) in [5.74, 6) is -5.60. The number of nitro benzene ring substituents is 2. The monoisotopic (exact) mass is 1350 g/mol. The van der Waals surface area contributed by atoms with Gasteiger partial charge in [0.25, 0.3) is 11.4 Å². The van der Waals surface area contributed by atoms with Crippen LogP contribution < -0.4 is 53.3 Å². The molecule has 33 heteroatoms. The third kappa shape index (κ3) is 34.0. The van der Waals surface area contributed by atoms with Crippen LogP contribution in [-0.4, -0.2) is 125 Å². The van der Waals surface area contributed by atoms with Crippen molar-refractivity contribution in [2.45, 2.75) is 124 Å². The molecule has 0 aliphatic rings. The van der Waals surface area contributed by atoms with Gasteiger partial charge in [0.2, 0.25) is 17.7 Å². The van der Waals surface area contributed by atoms with Gasteiger partial charge in [-0.1, -0.05) is 52.0 Å². The summed E-state index contributed by atoms with van der Waals surface area (Å²) in [7, 11) is 1.21. The van der Waals surface area contributed by atoms with Crippen LogP contribution in [0.1, 0.15) is 110 Å². The zero-order chi connectivity index (χ0) is 71.9. The number of nitrogens with zero attached hydrogens (tertiary/aromatic N) is 2. The standard InChI is InChI=1S/C31H39N5O11.C26H33N5O8.C6H10O4/c1-19(2)28(35-26(38)14-15-27(39)45-3)25(37)17-21(5-4-16-33-30(32)41)29(40)34-22-8-6-20(7-9-22)18-46-31(42)47-24-12-10-23(11-13-24)36(43)44;1-16(2)23(27)22(32)14-18(4-3-13-29-25(28)34)24(33)30-19-7-5-17(6-8-19)15-38-26(35)39-21-11-9-20(10-12-21)31(36)37;1-2-10-6(9)4-3-5(7)8/h6-13,19,21,28H,4-5,14-18H2,1-3H3,(H,34,40)(H,35,38)(H3,32,33,41);5-12,16,18,23H,3-4,13-15,27H2,1-2H3,(H,30,33)(H3,28,29,34);2-4H2,1H3,(H,7,8)/t21-,28?;18-,23?;/m11./s1. The molecule has 0 heterocycles. The van der Waals surface area contributed by atoms with Gasteiger partial charge in [-0.3, -0.25) is 58.6 Å². The number of nitro groups is 2. The maximum Gasteiger partial charge on any atom is 0.514 e. The van der Waals surface area contributed by atoms with E-state index in [4.69, 9.17) is 41.3 Å². The molecule has 33 nitrogen and oxygen atoms in total. The third-order valence-electron chi connectivity index (χ3n) is 13.4. The molecule has 96 heavy (non-hydrogen) atoms. The van der Waals surface area contributed by atoms with Crippen molar-refractivity contribution in [2.75, 3.05) is 37.4 Å². The first-order chi connectivity index (χ1) is 45.4. The number of methoxy groups -OCH3 is 1. The van der Waals surface area contributed by atoms with Crippen LogP contribution in [0.3, 0.4) is 0 Å². The maximum atomic E-state index is 13.3. The number of anilines is 2. The molecule has 4 rings (SSSR count). The highest BCUT2D eigenvalue weighted by atomic mass is 16.7. The zero-order valence-corrected chi connectivity index (χ0v) is 53.9. The summed E-state index contributed by atoms with van der Waals surface area (Å²) in [5.41, 5.74) is 17.9. The molecule has 0 aliphatic heterocycles. The molecular weight excluding hydrogens is 1260 g/mol. The third-order valence-corrected chi connectivity index (χ3v) is 13.4. The van der Waals surface area contributed by atoms with Gasteiger partial charge in [-0.15, -0.1) is 0 Å². The smallest absolute Gasteiger partial charge is 0.481 e. The molecule has 0 spiro atoms. The van der Waals surface area contributed by atoms with Crippen molar-refractivity contribution in [3.8, 4) is 11.5 Å². The summed E-state index contributed by atoms with van der Waals surface area (Å²) >= 11 is 0. The Bertz CT molecular complexity index is 3260. The van der Waals surface area contributed by atoms with Crippen LogP contribution in [0.15, 0.2) is 97.1 Å². The average Bonchev–Trinajstić information content (AvgIpc) is 1.06. The first-order valence-corrected chi connectivity index (χ1v) is 30.0. The van der Waals surface area contributed by atoms with Gasteiger partial charge >= 0.3 is 42.3 Å². The molecule has 522 valence electrons. The quantitative estimate of drug-likeness (QED) is 0.00550. The number of hydrogen-bond donors (Lipinski definition) is 9. The SMILES string of the molecule is CC(C)C(N)C(=O)C[C@@H](CCCNC(N)=O)C(=O)Nc1ccc(COC(=O)Oc2ccc([N+](=O)[O-])cc2)cc1.CCOC(=O)CCC(=O)O.COC(=O)CCC(=O)NC(C(=O)C[C@@H](CCCNC(N)=O)C(=O)Nc1ccc(COC(=O)Oc2ccc([N+](=O)[O-])cc2)cc1)C(C)C. The van der Waals surface area contributed by atoms with Crippen LogP contribution in [0, 0.1) is 43.9 Å². The number of rotatable bonds is 36. The fraction of sp³-hybridized carbons (Fsp3) is 0.429. The summed E-state index contributed by atoms with van der Waals surface area (Å²) in [4.78, 5) is 162. The average molecular weight is 1350 g/mol. The minimum Gasteiger partial charge on any atom is -0.481 e. The van der Waals surface area contributed by atoms with Gasteiger partial charge in [0.05, 0.1) is 54.9 Å². The number of carboxylic acid groups (broad SMARTS) is 1. The van der Waals surface area contributed by atoms with E-state index in [9.17, 15) is 77.8 Å². The van der Waals surface area contributed by atoms with Crippen LogP contribution in [0.4, 0.5) is 41.9 Å². The number of benzene rings is 4. The van der Waals surface area contributed by atoms with Crippen molar-refractivity contribution in [1.29, 1.82) is 0 Å². The van der Waals surface area contributed by atoms with E-state index in [1.165, 1.54) is 55.6 Å². The van der Waals surface area contributed by atoms with Crippen LogP contribution in [0.5, 0.6) is 11.5 Å². The fourth-order valence-electron chi connectivity index (χ4n) is 8.18. The number of urea groups is 2. The summed E-state index contributed by atoms with van der Waals surface area (Å²) in [6.45, 7) is 9.31. The van der Waals surface area contributed by atoms with E-state index < -0.39 is 87.9 Å². The lowest BCUT2D eigenvalue weighted by Crippen LogP contribution is -2.45. The van der Waals surface area contributed by atoms with Crippen LogP contribution in [-0.2, 0) is 70.5 Å². The highest BCUT2D eigenvalue weighted by Gasteiger charge is 2.30. The summed E-state index contributed by atoms with van der Waals surface area (Å²) in [5, 5.41) is 42.6. The molecule has 0 radical (unpaired) electrons. The van der Waals surface area contributed by atoms with Gasteiger partial charge in [0.15, 0.2) is 11.6 Å². The molecule has 0 fully saturated rings. The number of carboxylic acids is 1. The molecule has 0 aromatic heterocycles. The number of carbonyl (C=O) groups excluding carboxylic acids is 11. The van der Waals surface area contributed by atoms with Crippen LogP contribution >= 0.6 is 0 Å². The van der Waals surface area contributed by atoms with E-state index >= 15 is 0 Å². The first kappa shape index (κ1) is 81.0. The molecule has 0 saturated carbocycles. The topological polar surface area (TPSA) is 505 Å². The van der Waals surface area contributed by atoms with Crippen molar-refractivity contribution in [3.63, 3.8) is 0 Å². The van der Waals surface area contributed by atoms with Crippen molar-refractivity contribution < 1.29 is 101 Å². The van der Waals surface area contributed by atoms with E-state index in [1.807, 2.05) is 13.8 Å². The second kappa shape index (κ2) is 43.7. The number of nitrogens with one attached hydrogen (secondary N) is 5. The second-order valence-electron chi connectivity index (χ2n) is 21.6. The maximum absolute atomic E-state index is 13.3. The Morgan fingerprint density at radius 1 is 0.542 bits per heavy atom. The van der Waals surface area contributed by atoms with Gasteiger partial charge in [0.1, 0.15) is 24.7 Å². The van der Waals surface area contributed by atoms with E-state index in [-0.39, 0.29) is 123 Å². The number of carbonyl (C=O) groups is 12. The number of Topliss-reactive ketones (excluding diaryl/α,β-unsaturated/α-hetero) is 2. The normalized spacial score (nSPS) is 11.7. The van der Waals surface area contributed by atoms with Gasteiger partial charge in [0, 0.05) is 79.8 Å². The minimum absolute atomic E-state index is 0.0372. The molecule has 0 bridgehead atoms. The Morgan fingerprint density at radius 3 is 1.30 bits per heavy atom. The summed E-state index contributed by atoms with van der Waals surface area (Å²) in [6.07, 6.45) is -1.39. The molecule has 0 aliphatic carbocycles. The first-order valence-electron chi connectivity index (χ1n) is 30.0. The Hall–Kier alpha value is -11.1. The van der Waals surface area contributed by atoms with E-state index in [0.29, 0.717) is 48.4 Å². The van der Waals surface area contributed by atoms with E-state index in [2.05, 4.69) is 36.1 Å². The van der Waals surface area contributed by atoms with Crippen molar-refractivity contribution in [1.82, 2.24) is 16.0 Å². The van der Waals surface area contributed by atoms with Crippen molar-refractivity contribution >= 4 is 94.3 Å². The Labute approximate surface area is 551 Å². The summed E-state index contributed by atoms with van der Waals surface area (Å²) < 4.78 is 29.1. The predicted octanol–water partition coefficient (Wildman–Crippen LogP) is 7.04. The number of ether oxygens (including phenoxy) is 6. The lowest BCUT2D eigenvalue weighted by molar-refractivity contribution is -0.385. The molecular formula is C63H82N10O23. The minimum atomic E-state index is -1.02. The molecule has 4 atom stereocenters. The highest BCUT2D eigenvalue weighted by Crippen LogP contribution is 2.24. The molecule has 12 N–H and O–H groups in total. The Balaban J connectivity index is 0.000000577. The molecule has 2 unspecified atom stereocenters. The van der Waals surface area contributed by atoms with E-state index in [0.717, 1.165) is 0 Å². The molecule has 4 aromatic carbocycles. The summed E-state index contributed by atoms with van der Waals surface area (Å²) in [6, 6.07) is 19.7. The predicted molar refractivity (Wildman–Crippen MR) is 342 cm³/mol. The van der Waals surface area contributed by atoms with Crippen molar-refractivity contribution in [2.24, 2.45) is 40.9 Å². The number of aliphatic carboxylic acids is 1. The lowest BCUT2D eigenvalue weighted by Gasteiger charge is -2.24. The second-order valence-corrected chi connectivity index (χ2v) is 21.6. The highest BCUT2D eigenvalue weighted by molar-refractivity contribution is 5.98. The van der Waals surface area contributed by atoms with Crippen molar-refractivity contribution in [3.05, 3.63) is 128 Å². The molecule has 0 saturated heterocycles. The van der Waals surface area contributed by atoms with Gasteiger partial charge in [-0.2, -0.15) is 0 Å². The number of amides is 7. The van der Waals surface area contributed by atoms with E-state index in [1.54, 1.807) is 69.3 Å². The van der Waals surface area contributed by atoms with Gasteiger partial charge in [-0.25, -0.2) is 19.2 Å². The largest absolute Gasteiger partial charge is 0.514 e. The van der Waals surface area contributed by atoms with Crippen LogP contribution in [0.2, 0.25) is 0 Å². The Kier molecular flexibility index (Phi) is 36.8. The molecule has 4 aromatic rings. The van der Waals surface area contributed by atoms with Gasteiger partial charge in [-0.05, 0) is 104 Å². The number of primary amides is 2. The zero-order valence-electron chi connectivity index (χ0n) is 53.9. The van der Waals surface area contributed by atoms with Crippen LogP contribution in [0.25, 0.3) is 0 Å². The number of ketones is 2. The molecule has 7 amide bonds. The fourth-order valence-corrected chi connectivity index (χ4v) is 8.18. The number of esters is 2. The number of hydrogen-bond acceptors (Lipinski definition) is 23. The lowest BCUT2D eigenvalue weighted by atomic mass is 9.89. The number of nitrogens with two attached hydrogens (primary N) is 3. The Morgan fingerprint density at radius 2 is 0.948 bits per heavy atom. The van der Waals surface area contributed by atoms with Gasteiger partial charge < -0.3 is 77.3 Å².